The Morgan fingerprint density at radius 2 is 1.29 bits per heavy atom. The lowest BCUT2D eigenvalue weighted by Gasteiger charge is -2.36. The number of carbonyl (C=O) groups excluding carboxylic acids is 2. The van der Waals surface area contributed by atoms with Crippen LogP contribution in [0.4, 0.5) is 4.39 Å². The lowest BCUT2D eigenvalue weighted by molar-refractivity contribution is -0.130. The predicted molar refractivity (Wildman–Crippen MR) is 125 cm³/mol. The zero-order valence-corrected chi connectivity index (χ0v) is 20.3. The molecule has 0 unspecified atom stereocenters. The summed E-state index contributed by atoms with van der Waals surface area (Å²) in [5, 5.41) is 0. The summed E-state index contributed by atoms with van der Waals surface area (Å²) in [4.78, 5) is 33.2. The van der Waals surface area contributed by atoms with Crippen LogP contribution >= 0.6 is 0 Å². The molecular weight excluding hydrogens is 397 g/mol. The van der Waals surface area contributed by atoms with Gasteiger partial charge in [-0.1, -0.05) is 12.7 Å². The van der Waals surface area contributed by atoms with E-state index in [1.807, 2.05) is 30.0 Å². The zero-order chi connectivity index (χ0) is 23.6. The van der Waals surface area contributed by atoms with Crippen molar-refractivity contribution in [1.29, 1.82) is 0 Å². The number of piperazine rings is 2. The maximum atomic E-state index is 12.5. The van der Waals surface area contributed by atoms with E-state index in [-0.39, 0.29) is 5.91 Å². The molecule has 0 aromatic rings. The van der Waals surface area contributed by atoms with Gasteiger partial charge in [0, 0.05) is 77.1 Å². The molecule has 0 spiro atoms. The minimum Gasteiger partial charge on any atom is -0.337 e. The average molecular weight is 440 g/mol. The molecule has 0 radical (unpaired) electrons. The summed E-state index contributed by atoms with van der Waals surface area (Å²) in [6, 6.07) is 1.07. The second-order valence-corrected chi connectivity index (χ2v) is 8.95. The Labute approximate surface area is 188 Å². The van der Waals surface area contributed by atoms with Crippen molar-refractivity contribution < 1.29 is 14.0 Å². The molecule has 8 heteroatoms. The Balaban J connectivity index is 0.000000316. The van der Waals surface area contributed by atoms with Crippen LogP contribution in [0.15, 0.2) is 24.6 Å². The minimum atomic E-state index is -0.858. The van der Waals surface area contributed by atoms with Gasteiger partial charge in [0.2, 0.25) is 5.91 Å². The summed E-state index contributed by atoms with van der Waals surface area (Å²) in [6.45, 7) is 19.0. The van der Waals surface area contributed by atoms with Gasteiger partial charge in [0.1, 0.15) is 0 Å². The van der Waals surface area contributed by atoms with Crippen molar-refractivity contribution in [1.82, 2.24) is 24.5 Å². The highest BCUT2D eigenvalue weighted by molar-refractivity contribution is 5.90. The Hall–Kier alpha value is -1.77. The molecule has 0 aromatic carbocycles. The van der Waals surface area contributed by atoms with Crippen LogP contribution in [0.5, 0.6) is 0 Å². The Bertz CT molecular complexity index is 605. The molecule has 2 saturated heterocycles. The van der Waals surface area contributed by atoms with Crippen LogP contribution in [0, 0.1) is 0 Å². The minimum absolute atomic E-state index is 0.148. The van der Waals surface area contributed by atoms with Gasteiger partial charge < -0.3 is 14.7 Å². The molecule has 7 nitrogen and oxygen atoms in total. The van der Waals surface area contributed by atoms with Crippen molar-refractivity contribution in [2.75, 3.05) is 73.0 Å². The van der Waals surface area contributed by atoms with E-state index in [0.29, 0.717) is 25.2 Å². The largest absolute Gasteiger partial charge is 0.337 e. The lowest BCUT2D eigenvalue weighted by Crippen LogP contribution is -2.50. The summed E-state index contributed by atoms with van der Waals surface area (Å²) in [5.74, 6) is -1.27. The molecule has 31 heavy (non-hydrogen) atoms. The number of halogens is 1. The normalized spacial score (nSPS) is 18.6. The molecular formula is C23H42FN5O2. The number of nitrogens with zero attached hydrogens (tertiary/aromatic N) is 5. The summed E-state index contributed by atoms with van der Waals surface area (Å²) in [5.41, 5.74) is 0. The summed E-state index contributed by atoms with van der Waals surface area (Å²) in [7, 11) is 3.99. The highest BCUT2D eigenvalue weighted by atomic mass is 19.1. The van der Waals surface area contributed by atoms with E-state index in [0.717, 1.165) is 45.8 Å². The number of likely N-dealkylation sites (N-methyl/N-ethyl adjacent to an activating group) is 1. The lowest BCUT2D eigenvalue weighted by atomic mass is 10.2. The highest BCUT2D eigenvalue weighted by Crippen LogP contribution is 2.09. The number of hydrogen-bond acceptors (Lipinski definition) is 5. The summed E-state index contributed by atoms with van der Waals surface area (Å²) >= 11 is 0. The first-order valence-electron chi connectivity index (χ1n) is 11.2. The Kier molecular flexibility index (Phi) is 12.0. The molecule has 0 aliphatic carbocycles. The maximum absolute atomic E-state index is 12.5. The fourth-order valence-corrected chi connectivity index (χ4v) is 3.54. The Morgan fingerprint density at radius 3 is 1.65 bits per heavy atom. The molecule has 2 aliphatic heterocycles. The van der Waals surface area contributed by atoms with Crippen LogP contribution in [-0.2, 0) is 9.59 Å². The third-order valence-corrected chi connectivity index (χ3v) is 5.65. The maximum Gasteiger partial charge on any atom is 0.282 e. The molecule has 2 heterocycles. The summed E-state index contributed by atoms with van der Waals surface area (Å²) in [6.07, 6.45) is 3.63. The number of hydrogen-bond donors (Lipinski definition) is 0. The number of carbonyl (C=O) groups is 2. The first-order chi connectivity index (χ1) is 14.5. The van der Waals surface area contributed by atoms with Gasteiger partial charge in [-0.05, 0) is 41.8 Å². The smallest absolute Gasteiger partial charge is 0.282 e. The van der Waals surface area contributed by atoms with Crippen LogP contribution in [0.25, 0.3) is 0 Å². The molecule has 0 saturated carbocycles. The van der Waals surface area contributed by atoms with E-state index in [4.69, 9.17) is 0 Å². The molecule has 0 atom stereocenters. The van der Waals surface area contributed by atoms with E-state index in [2.05, 4.69) is 44.1 Å². The van der Waals surface area contributed by atoms with Crippen LogP contribution in [-0.4, -0.2) is 121 Å². The van der Waals surface area contributed by atoms with E-state index >= 15 is 0 Å². The van der Waals surface area contributed by atoms with E-state index in [9.17, 15) is 14.0 Å². The Morgan fingerprint density at radius 1 is 0.871 bits per heavy atom. The van der Waals surface area contributed by atoms with Crippen molar-refractivity contribution in [3.8, 4) is 0 Å². The fraction of sp³-hybridized carbons (Fsp3) is 0.739. The molecule has 2 rings (SSSR count). The highest BCUT2D eigenvalue weighted by Gasteiger charge is 2.23. The quantitative estimate of drug-likeness (QED) is 0.590. The molecule has 0 N–H and O–H groups in total. The van der Waals surface area contributed by atoms with Crippen molar-refractivity contribution in [3.63, 3.8) is 0 Å². The first-order valence-corrected chi connectivity index (χ1v) is 11.2. The van der Waals surface area contributed by atoms with Gasteiger partial charge in [-0.15, -0.1) is 0 Å². The zero-order valence-electron chi connectivity index (χ0n) is 20.3. The van der Waals surface area contributed by atoms with Crippen molar-refractivity contribution in [3.05, 3.63) is 24.6 Å². The van der Waals surface area contributed by atoms with E-state index in [1.54, 1.807) is 6.08 Å². The van der Waals surface area contributed by atoms with Crippen LogP contribution in [0.1, 0.15) is 27.7 Å². The molecule has 2 aliphatic rings. The first kappa shape index (κ1) is 27.3. The van der Waals surface area contributed by atoms with Gasteiger partial charge in [-0.25, -0.2) is 4.39 Å². The van der Waals surface area contributed by atoms with Crippen LogP contribution < -0.4 is 0 Å². The second kappa shape index (κ2) is 13.6. The van der Waals surface area contributed by atoms with Gasteiger partial charge in [0.15, 0.2) is 5.83 Å². The van der Waals surface area contributed by atoms with E-state index in [1.165, 1.54) is 4.90 Å². The molecule has 2 fully saturated rings. The van der Waals surface area contributed by atoms with Crippen molar-refractivity contribution in [2.24, 2.45) is 0 Å². The SMILES string of the molecule is C=C(F)C(=O)N1CCN(C(C)C)CC1.CC(C)N1CCN(C(=O)/C=C/CN(C)C)CC1. The van der Waals surface area contributed by atoms with Crippen molar-refractivity contribution >= 4 is 11.8 Å². The fourth-order valence-electron chi connectivity index (χ4n) is 3.54. The average Bonchev–Trinajstić information content (AvgIpc) is 2.73. The van der Waals surface area contributed by atoms with Crippen LogP contribution in [0.2, 0.25) is 0 Å². The van der Waals surface area contributed by atoms with Gasteiger partial charge in [-0.3, -0.25) is 19.4 Å². The number of rotatable bonds is 6. The summed E-state index contributed by atoms with van der Waals surface area (Å²) < 4.78 is 12.5. The standard InChI is InChI=1S/C13H25N3O.C10H17FN2O/c1-12(2)15-8-10-16(11-9-15)13(17)6-5-7-14(3)4;1-8(2)12-4-6-13(7-5-12)10(14)9(3)11/h5-6,12H,7-11H2,1-4H3;8H,3-7H2,1-2H3/b6-5+;. The third-order valence-electron chi connectivity index (χ3n) is 5.65. The second-order valence-electron chi connectivity index (χ2n) is 8.95. The third kappa shape index (κ3) is 9.93. The molecule has 2 amide bonds. The van der Waals surface area contributed by atoms with Crippen molar-refractivity contribution in [2.45, 2.75) is 39.8 Å². The van der Waals surface area contributed by atoms with Gasteiger partial charge in [-0.2, -0.15) is 0 Å². The van der Waals surface area contributed by atoms with Gasteiger partial charge in [0.05, 0.1) is 0 Å². The predicted octanol–water partition coefficient (Wildman–Crippen LogP) is 1.68. The van der Waals surface area contributed by atoms with E-state index < -0.39 is 11.7 Å². The van der Waals surface area contributed by atoms with Gasteiger partial charge >= 0.3 is 0 Å². The molecule has 0 aromatic heterocycles. The monoisotopic (exact) mass is 439 g/mol. The molecule has 178 valence electrons. The van der Waals surface area contributed by atoms with Crippen LogP contribution in [0.3, 0.4) is 0 Å². The number of amides is 2. The van der Waals surface area contributed by atoms with Gasteiger partial charge in [0.25, 0.3) is 5.91 Å². The molecule has 0 bridgehead atoms. The topological polar surface area (TPSA) is 50.3 Å².